The highest BCUT2D eigenvalue weighted by atomic mass is 35.5. The number of esters is 1. The monoisotopic (exact) mass is 398 g/mol. The van der Waals surface area contributed by atoms with Gasteiger partial charge in [-0.05, 0) is 44.3 Å². The molecule has 0 spiro atoms. The molecule has 1 heterocycles. The van der Waals surface area contributed by atoms with Gasteiger partial charge < -0.3 is 9.64 Å². The van der Waals surface area contributed by atoms with Gasteiger partial charge in [-0.1, -0.05) is 26.3 Å². The van der Waals surface area contributed by atoms with Gasteiger partial charge in [0, 0.05) is 20.0 Å². The number of imide groups is 1. The smallest absolute Gasteiger partial charge is 0.303 e. The first-order valence-electron chi connectivity index (χ1n) is 9.72. The normalized spacial score (nSPS) is 34.4. The van der Waals surface area contributed by atoms with Crippen LogP contribution in [0, 0.1) is 23.7 Å². The van der Waals surface area contributed by atoms with Crippen molar-refractivity contribution < 1.29 is 19.1 Å². The summed E-state index contributed by atoms with van der Waals surface area (Å²) in [5, 5.41) is 0. The Morgan fingerprint density at radius 3 is 2.41 bits per heavy atom. The number of allylic oxidation sites excluding steroid dienone is 1. The van der Waals surface area contributed by atoms with Crippen molar-refractivity contribution >= 4 is 30.2 Å². The van der Waals surface area contributed by atoms with Crippen LogP contribution in [0.25, 0.3) is 0 Å². The number of carbonyl (C=O) groups excluding carboxylic acids is 3. The molecule has 2 bridgehead atoms. The van der Waals surface area contributed by atoms with E-state index in [9.17, 15) is 14.4 Å². The molecule has 27 heavy (non-hydrogen) atoms. The quantitative estimate of drug-likeness (QED) is 0.390. The van der Waals surface area contributed by atoms with Crippen LogP contribution in [0.5, 0.6) is 0 Å². The summed E-state index contributed by atoms with van der Waals surface area (Å²) in [6.07, 6.45) is 2.55. The number of likely N-dealkylation sites (tertiary alicyclic amines) is 1. The van der Waals surface area contributed by atoms with Gasteiger partial charge in [0.25, 0.3) is 0 Å². The maximum atomic E-state index is 13.2. The third-order valence-electron chi connectivity index (χ3n) is 6.48. The lowest BCUT2D eigenvalue weighted by molar-refractivity contribution is -0.173. The van der Waals surface area contributed by atoms with E-state index in [0.29, 0.717) is 19.5 Å². The molecule has 4 aliphatic rings. The molecule has 3 aliphatic carbocycles. The third kappa shape index (κ3) is 3.42. The summed E-state index contributed by atoms with van der Waals surface area (Å²) in [6.45, 7) is 12.5. The van der Waals surface area contributed by atoms with Crippen molar-refractivity contribution in [2.24, 2.45) is 23.7 Å². The Labute approximate surface area is 167 Å². The lowest BCUT2D eigenvalue weighted by Gasteiger charge is -2.52. The minimum absolute atomic E-state index is 0. The van der Waals surface area contributed by atoms with E-state index in [-0.39, 0.29) is 36.1 Å². The fourth-order valence-electron chi connectivity index (χ4n) is 5.50. The second-order valence-electron chi connectivity index (χ2n) is 8.00. The van der Waals surface area contributed by atoms with Gasteiger partial charge in [-0.15, -0.1) is 12.4 Å². The van der Waals surface area contributed by atoms with E-state index in [1.807, 2.05) is 13.0 Å². The fourth-order valence-corrected chi connectivity index (χ4v) is 5.50. The molecule has 1 saturated heterocycles. The van der Waals surface area contributed by atoms with Crippen molar-refractivity contribution in [2.45, 2.75) is 46.6 Å². The Bertz CT molecular complexity index is 660. The summed E-state index contributed by atoms with van der Waals surface area (Å²) >= 11 is 0. The van der Waals surface area contributed by atoms with Crippen molar-refractivity contribution in [3.8, 4) is 0 Å². The van der Waals surface area contributed by atoms with Crippen LogP contribution in [-0.2, 0) is 19.1 Å². The molecule has 1 saturated carbocycles. The van der Waals surface area contributed by atoms with Crippen molar-refractivity contribution in [1.29, 1.82) is 0 Å². The molecule has 0 radical (unpaired) electrons. The van der Waals surface area contributed by atoms with Crippen molar-refractivity contribution in [3.63, 3.8) is 0 Å². The molecule has 0 aromatic rings. The molecule has 2 amide bonds. The molecular formula is C20H31ClN2O4. The lowest BCUT2D eigenvalue weighted by atomic mass is 9.54. The summed E-state index contributed by atoms with van der Waals surface area (Å²) in [4.78, 5) is 41.8. The number of hydrogen-bond donors (Lipinski definition) is 0. The first-order chi connectivity index (χ1) is 12.3. The first-order valence-corrected chi connectivity index (χ1v) is 9.72. The van der Waals surface area contributed by atoms with Crippen LogP contribution in [0.3, 0.4) is 0 Å². The SMILES string of the molecule is CCN(CC)CCN1C(=O)C2C3C(C)=CC(OC(C)=O)(CC3C)C2C1=O.Cl. The number of fused-ring (bicyclic) bond motifs is 1. The minimum atomic E-state index is -0.967. The average molecular weight is 399 g/mol. The zero-order chi connectivity index (χ0) is 19.2. The van der Waals surface area contributed by atoms with E-state index in [1.54, 1.807) is 0 Å². The van der Waals surface area contributed by atoms with E-state index < -0.39 is 23.4 Å². The highest BCUT2D eigenvalue weighted by Gasteiger charge is 2.67. The number of halogens is 1. The number of hydrogen-bond acceptors (Lipinski definition) is 5. The zero-order valence-corrected chi connectivity index (χ0v) is 17.7. The summed E-state index contributed by atoms with van der Waals surface area (Å²) in [6, 6.07) is 0. The number of nitrogens with zero attached hydrogens (tertiary/aromatic N) is 2. The second kappa shape index (κ2) is 7.92. The van der Waals surface area contributed by atoms with E-state index >= 15 is 0 Å². The number of amides is 2. The van der Waals surface area contributed by atoms with Crippen molar-refractivity contribution in [3.05, 3.63) is 11.6 Å². The average Bonchev–Trinajstić information content (AvgIpc) is 2.80. The molecule has 0 aromatic carbocycles. The summed E-state index contributed by atoms with van der Waals surface area (Å²) in [5.41, 5.74) is 0.101. The number of rotatable bonds is 6. The van der Waals surface area contributed by atoms with Crippen molar-refractivity contribution in [2.75, 3.05) is 26.2 Å². The lowest BCUT2D eigenvalue weighted by Crippen LogP contribution is -2.57. The highest BCUT2D eigenvalue weighted by molar-refractivity contribution is 6.07. The van der Waals surface area contributed by atoms with E-state index in [4.69, 9.17) is 4.74 Å². The van der Waals surface area contributed by atoms with Crippen LogP contribution < -0.4 is 0 Å². The van der Waals surface area contributed by atoms with Crippen LogP contribution in [0.2, 0.25) is 0 Å². The van der Waals surface area contributed by atoms with Gasteiger partial charge in [-0.2, -0.15) is 0 Å². The maximum absolute atomic E-state index is 13.2. The number of likely N-dealkylation sites (N-methyl/N-ethyl adjacent to an activating group) is 1. The largest absolute Gasteiger partial charge is 0.454 e. The summed E-state index contributed by atoms with van der Waals surface area (Å²) in [7, 11) is 0. The van der Waals surface area contributed by atoms with Crippen LogP contribution in [0.4, 0.5) is 0 Å². The Hall–Kier alpha value is -1.40. The van der Waals surface area contributed by atoms with Gasteiger partial charge in [-0.3, -0.25) is 19.3 Å². The summed E-state index contributed by atoms with van der Waals surface area (Å²) < 4.78 is 5.73. The molecule has 0 aromatic heterocycles. The fraction of sp³-hybridized carbons (Fsp3) is 0.750. The maximum Gasteiger partial charge on any atom is 0.303 e. The van der Waals surface area contributed by atoms with Crippen molar-refractivity contribution in [1.82, 2.24) is 9.80 Å². The first kappa shape index (κ1) is 21.9. The van der Waals surface area contributed by atoms with Gasteiger partial charge in [0.1, 0.15) is 5.60 Å². The Morgan fingerprint density at radius 1 is 1.26 bits per heavy atom. The molecule has 5 unspecified atom stereocenters. The molecule has 1 aliphatic heterocycles. The van der Waals surface area contributed by atoms with E-state index in [2.05, 4.69) is 25.7 Å². The topological polar surface area (TPSA) is 66.9 Å². The number of carbonyl (C=O) groups is 3. The molecule has 6 nitrogen and oxygen atoms in total. The van der Waals surface area contributed by atoms with Crippen LogP contribution in [0.1, 0.15) is 41.0 Å². The molecular weight excluding hydrogens is 368 g/mol. The Kier molecular flexibility index (Phi) is 6.42. The molecule has 152 valence electrons. The molecule has 0 N–H and O–H groups in total. The Morgan fingerprint density at radius 2 is 1.89 bits per heavy atom. The molecule has 7 heteroatoms. The van der Waals surface area contributed by atoms with Gasteiger partial charge in [0.15, 0.2) is 0 Å². The molecule has 4 rings (SSSR count). The zero-order valence-electron chi connectivity index (χ0n) is 16.9. The minimum Gasteiger partial charge on any atom is -0.454 e. The third-order valence-corrected chi connectivity index (χ3v) is 6.48. The van der Waals surface area contributed by atoms with Gasteiger partial charge >= 0.3 is 5.97 Å². The predicted molar refractivity (Wildman–Crippen MR) is 104 cm³/mol. The molecule has 2 fully saturated rings. The Balaban J connectivity index is 0.00000261. The van der Waals surface area contributed by atoms with Crippen LogP contribution in [-0.4, -0.2) is 59.4 Å². The van der Waals surface area contributed by atoms with Gasteiger partial charge in [0.2, 0.25) is 11.8 Å². The number of ether oxygens (including phenoxy) is 1. The van der Waals surface area contributed by atoms with Gasteiger partial charge in [0.05, 0.1) is 11.8 Å². The van der Waals surface area contributed by atoms with Gasteiger partial charge in [-0.25, -0.2) is 0 Å². The standard InChI is InChI=1S/C20H30N2O4.ClH/c1-6-21(7-2)8-9-22-18(24)16-15-12(3)10-20(11-13(15)4,26-14(5)23)17(16)19(22)25;/h10,13,15-17H,6-9,11H2,1-5H3;1H. The van der Waals surface area contributed by atoms with Crippen LogP contribution in [0.15, 0.2) is 11.6 Å². The van der Waals surface area contributed by atoms with E-state index in [1.165, 1.54) is 11.8 Å². The predicted octanol–water partition coefficient (Wildman–Crippen LogP) is 2.27. The molecule has 5 atom stereocenters. The van der Waals surface area contributed by atoms with E-state index in [0.717, 1.165) is 18.7 Å². The van der Waals surface area contributed by atoms with Crippen LogP contribution >= 0.6 is 12.4 Å². The highest BCUT2D eigenvalue weighted by Crippen LogP contribution is 2.58. The second-order valence-corrected chi connectivity index (χ2v) is 8.00. The summed E-state index contributed by atoms with van der Waals surface area (Å²) in [5.74, 6) is -1.36.